The van der Waals surface area contributed by atoms with E-state index in [9.17, 15) is 4.79 Å². The van der Waals surface area contributed by atoms with Crippen molar-refractivity contribution in [2.24, 2.45) is 0 Å². The summed E-state index contributed by atoms with van der Waals surface area (Å²) < 4.78 is 2.02. The maximum atomic E-state index is 12.7. The Labute approximate surface area is 128 Å². The number of hydrogen-bond acceptors (Lipinski definition) is 3. The average Bonchev–Trinajstić information content (AvgIpc) is 2.47. The fourth-order valence-electron chi connectivity index (χ4n) is 3.13. The zero-order valence-electron chi connectivity index (χ0n) is 13.9. The van der Waals surface area contributed by atoms with Crippen molar-refractivity contribution in [2.75, 3.05) is 19.6 Å². The minimum atomic E-state index is 0.192. The average molecular weight is 291 g/mol. The Morgan fingerprint density at radius 3 is 2.71 bits per heavy atom. The van der Waals surface area contributed by atoms with Crippen molar-refractivity contribution in [1.82, 2.24) is 14.8 Å². The van der Waals surface area contributed by atoms with Gasteiger partial charge in [0.25, 0.3) is 5.56 Å². The molecule has 4 heteroatoms. The van der Waals surface area contributed by atoms with Crippen LogP contribution in [0.5, 0.6) is 0 Å². The molecule has 2 rings (SSSR count). The fraction of sp³-hybridized carbons (Fsp3) is 0.706. The molecule has 1 aromatic rings. The van der Waals surface area contributed by atoms with Crippen molar-refractivity contribution < 1.29 is 0 Å². The highest BCUT2D eigenvalue weighted by molar-refractivity contribution is 5.29. The maximum Gasteiger partial charge on any atom is 0.255 e. The van der Waals surface area contributed by atoms with E-state index in [2.05, 4.69) is 44.0 Å². The third-order valence-electron chi connectivity index (χ3n) is 4.27. The molecular formula is C17H29N3O. The van der Waals surface area contributed by atoms with Gasteiger partial charge in [-0.05, 0) is 45.0 Å². The Kier molecular flexibility index (Phi) is 5.59. The number of aromatic nitrogens is 1. The van der Waals surface area contributed by atoms with Crippen LogP contribution in [0.3, 0.4) is 0 Å². The summed E-state index contributed by atoms with van der Waals surface area (Å²) in [5.41, 5.74) is 3.69. The summed E-state index contributed by atoms with van der Waals surface area (Å²) in [6, 6.07) is 2.37. The molecule has 0 radical (unpaired) electrons. The Hall–Kier alpha value is -1.13. The third-order valence-corrected chi connectivity index (χ3v) is 4.27. The number of fused-ring (bicyclic) bond motifs is 1. The van der Waals surface area contributed by atoms with E-state index in [0.717, 1.165) is 44.6 Å². The minimum absolute atomic E-state index is 0.192. The lowest BCUT2D eigenvalue weighted by atomic mass is 10.0. The minimum Gasteiger partial charge on any atom is -0.312 e. The van der Waals surface area contributed by atoms with Gasteiger partial charge in [-0.1, -0.05) is 13.8 Å². The molecule has 1 aliphatic rings. The van der Waals surface area contributed by atoms with Gasteiger partial charge in [-0.25, -0.2) is 0 Å². The molecule has 0 saturated heterocycles. The van der Waals surface area contributed by atoms with Gasteiger partial charge in [-0.3, -0.25) is 9.69 Å². The van der Waals surface area contributed by atoms with Crippen LogP contribution in [0.15, 0.2) is 10.9 Å². The number of nitrogens with zero attached hydrogens (tertiary/aromatic N) is 2. The molecule has 4 nitrogen and oxygen atoms in total. The molecule has 1 aliphatic heterocycles. The van der Waals surface area contributed by atoms with E-state index < -0.39 is 0 Å². The monoisotopic (exact) mass is 291 g/mol. The van der Waals surface area contributed by atoms with Crippen LogP contribution in [0.25, 0.3) is 0 Å². The molecule has 1 N–H and O–H groups in total. The van der Waals surface area contributed by atoms with Crippen LogP contribution in [0.4, 0.5) is 0 Å². The molecule has 0 saturated carbocycles. The van der Waals surface area contributed by atoms with Crippen LogP contribution < -0.4 is 10.9 Å². The van der Waals surface area contributed by atoms with Crippen molar-refractivity contribution in [3.05, 3.63) is 33.2 Å². The van der Waals surface area contributed by atoms with E-state index >= 15 is 0 Å². The number of likely N-dealkylation sites (N-methyl/N-ethyl adjacent to an activating group) is 1. The summed E-state index contributed by atoms with van der Waals surface area (Å²) in [6.45, 7) is 13.3. The van der Waals surface area contributed by atoms with Crippen LogP contribution in [-0.2, 0) is 19.5 Å². The smallest absolute Gasteiger partial charge is 0.255 e. The van der Waals surface area contributed by atoms with Gasteiger partial charge in [0.15, 0.2) is 0 Å². The van der Waals surface area contributed by atoms with Crippen LogP contribution >= 0.6 is 0 Å². The molecule has 0 spiro atoms. The van der Waals surface area contributed by atoms with Gasteiger partial charge in [0.1, 0.15) is 0 Å². The van der Waals surface area contributed by atoms with Crippen molar-refractivity contribution in [1.29, 1.82) is 0 Å². The highest BCUT2D eigenvalue weighted by Crippen LogP contribution is 2.21. The molecule has 2 heterocycles. The van der Waals surface area contributed by atoms with Crippen LogP contribution in [0, 0.1) is 0 Å². The van der Waals surface area contributed by atoms with Gasteiger partial charge in [-0.2, -0.15) is 0 Å². The first-order chi connectivity index (χ1) is 10.1. The quantitative estimate of drug-likeness (QED) is 0.817. The SMILES string of the molecule is CCCNCc1cc2c(n(C(C)C)c1=O)CCN(CC)C2. The van der Waals surface area contributed by atoms with E-state index in [1.807, 2.05) is 4.57 Å². The van der Waals surface area contributed by atoms with Crippen molar-refractivity contribution in [2.45, 2.75) is 59.7 Å². The number of nitrogens with one attached hydrogen (secondary N) is 1. The first-order valence-corrected chi connectivity index (χ1v) is 8.27. The summed E-state index contributed by atoms with van der Waals surface area (Å²) in [5, 5.41) is 3.36. The molecule has 1 aromatic heterocycles. The Morgan fingerprint density at radius 2 is 2.10 bits per heavy atom. The standard InChI is InChI=1S/C17H29N3O/c1-5-8-18-11-14-10-15-12-19(6-2)9-7-16(15)20(13(3)4)17(14)21/h10,13,18H,5-9,11-12H2,1-4H3. The summed E-state index contributed by atoms with van der Waals surface area (Å²) >= 11 is 0. The molecule has 0 aromatic carbocycles. The van der Waals surface area contributed by atoms with Gasteiger partial charge in [-0.15, -0.1) is 0 Å². The van der Waals surface area contributed by atoms with E-state index in [1.165, 1.54) is 11.3 Å². The number of hydrogen-bond donors (Lipinski definition) is 1. The van der Waals surface area contributed by atoms with Gasteiger partial charge in [0.05, 0.1) is 0 Å². The van der Waals surface area contributed by atoms with Crippen LogP contribution in [0.2, 0.25) is 0 Å². The first kappa shape index (κ1) is 16.2. The maximum absolute atomic E-state index is 12.7. The summed E-state index contributed by atoms with van der Waals surface area (Å²) in [4.78, 5) is 15.2. The van der Waals surface area contributed by atoms with Gasteiger partial charge in [0, 0.05) is 43.4 Å². The largest absolute Gasteiger partial charge is 0.312 e. The van der Waals surface area contributed by atoms with Crippen LogP contribution in [0.1, 0.15) is 57.0 Å². The second-order valence-corrected chi connectivity index (χ2v) is 6.21. The van der Waals surface area contributed by atoms with Crippen molar-refractivity contribution >= 4 is 0 Å². The normalized spacial score (nSPS) is 15.5. The fourth-order valence-corrected chi connectivity index (χ4v) is 3.13. The lowest BCUT2D eigenvalue weighted by Crippen LogP contribution is -2.38. The Morgan fingerprint density at radius 1 is 1.33 bits per heavy atom. The summed E-state index contributed by atoms with van der Waals surface area (Å²) in [6.07, 6.45) is 2.08. The predicted molar refractivity (Wildman–Crippen MR) is 87.7 cm³/mol. The highest BCUT2D eigenvalue weighted by Gasteiger charge is 2.21. The van der Waals surface area contributed by atoms with Gasteiger partial charge >= 0.3 is 0 Å². The Bertz CT molecular complexity index is 534. The van der Waals surface area contributed by atoms with E-state index in [0.29, 0.717) is 6.54 Å². The summed E-state index contributed by atoms with van der Waals surface area (Å²) in [5.74, 6) is 0. The zero-order valence-corrected chi connectivity index (χ0v) is 13.9. The molecule has 118 valence electrons. The molecule has 0 aliphatic carbocycles. The van der Waals surface area contributed by atoms with E-state index in [-0.39, 0.29) is 11.6 Å². The predicted octanol–water partition coefficient (Wildman–Crippen LogP) is 2.31. The van der Waals surface area contributed by atoms with Crippen molar-refractivity contribution in [3.8, 4) is 0 Å². The third kappa shape index (κ3) is 3.55. The van der Waals surface area contributed by atoms with E-state index in [1.54, 1.807) is 0 Å². The highest BCUT2D eigenvalue weighted by atomic mass is 16.1. The molecule has 0 bridgehead atoms. The Balaban J connectivity index is 2.39. The second-order valence-electron chi connectivity index (χ2n) is 6.21. The van der Waals surface area contributed by atoms with Crippen molar-refractivity contribution in [3.63, 3.8) is 0 Å². The molecule has 0 fully saturated rings. The first-order valence-electron chi connectivity index (χ1n) is 8.27. The lowest BCUT2D eigenvalue weighted by Gasteiger charge is -2.31. The topological polar surface area (TPSA) is 37.3 Å². The van der Waals surface area contributed by atoms with Gasteiger partial charge in [0.2, 0.25) is 0 Å². The summed E-state index contributed by atoms with van der Waals surface area (Å²) in [7, 11) is 0. The molecular weight excluding hydrogens is 262 g/mol. The lowest BCUT2D eigenvalue weighted by molar-refractivity contribution is 0.260. The second kappa shape index (κ2) is 7.23. The number of pyridine rings is 1. The van der Waals surface area contributed by atoms with Crippen LogP contribution in [-0.4, -0.2) is 29.1 Å². The molecule has 0 amide bonds. The van der Waals surface area contributed by atoms with E-state index in [4.69, 9.17) is 0 Å². The molecule has 21 heavy (non-hydrogen) atoms. The molecule has 0 atom stereocenters. The zero-order chi connectivity index (χ0) is 15.4. The number of rotatable bonds is 6. The molecule has 0 unspecified atom stereocenters. The van der Waals surface area contributed by atoms with Gasteiger partial charge < -0.3 is 9.88 Å².